The fourth-order valence-electron chi connectivity index (χ4n) is 2.90. The van der Waals surface area contributed by atoms with Gasteiger partial charge in [-0.2, -0.15) is 0 Å². The minimum Gasteiger partial charge on any atom is -0.483 e. The lowest BCUT2D eigenvalue weighted by atomic mass is 9.98. The van der Waals surface area contributed by atoms with Gasteiger partial charge in [0.15, 0.2) is 0 Å². The molecule has 1 aromatic carbocycles. The molecule has 3 rings (SSSR count). The summed E-state index contributed by atoms with van der Waals surface area (Å²) >= 11 is 6.11. The summed E-state index contributed by atoms with van der Waals surface area (Å²) in [5.41, 5.74) is 1.04. The summed E-state index contributed by atoms with van der Waals surface area (Å²) in [5.74, 6) is 0.656. The van der Waals surface area contributed by atoms with Crippen molar-refractivity contribution in [3.63, 3.8) is 0 Å². The molecule has 0 saturated carbocycles. The number of aliphatic hydroxyl groups excluding tert-OH is 2. The molecule has 1 unspecified atom stereocenters. The van der Waals surface area contributed by atoms with Crippen LogP contribution in [0.3, 0.4) is 0 Å². The Morgan fingerprint density at radius 2 is 2.04 bits per heavy atom. The predicted octanol–water partition coefficient (Wildman–Crippen LogP) is 2.98. The fourth-order valence-corrected chi connectivity index (χ4v) is 3.07. The Bertz CT molecular complexity index is 885. The van der Waals surface area contributed by atoms with Gasteiger partial charge in [0.2, 0.25) is 0 Å². The first-order valence-corrected chi connectivity index (χ1v) is 8.42. The molecular formula is C19H20ClNO4. The first-order valence-electron chi connectivity index (χ1n) is 8.04. The third kappa shape index (κ3) is 3.63. The largest absolute Gasteiger partial charge is 0.483 e. The van der Waals surface area contributed by atoms with E-state index in [0.717, 1.165) is 5.56 Å². The summed E-state index contributed by atoms with van der Waals surface area (Å²) in [7, 11) is 0. The van der Waals surface area contributed by atoms with E-state index in [-0.39, 0.29) is 18.6 Å². The Hall–Kier alpha value is -2.08. The molecule has 0 saturated heterocycles. The molecule has 1 aromatic heterocycles. The second-order valence-corrected chi connectivity index (χ2v) is 7.01. The summed E-state index contributed by atoms with van der Waals surface area (Å²) in [5, 5.41) is 19.5. The minimum atomic E-state index is -0.866. The zero-order chi connectivity index (χ0) is 18.2. The molecule has 2 N–H and O–H groups in total. The van der Waals surface area contributed by atoms with E-state index in [0.29, 0.717) is 22.0 Å². The third-order valence-electron chi connectivity index (χ3n) is 4.07. The molecule has 0 fully saturated rings. The van der Waals surface area contributed by atoms with E-state index in [1.165, 1.54) is 10.6 Å². The summed E-state index contributed by atoms with van der Waals surface area (Å²) in [6.07, 6.45) is 2.81. The van der Waals surface area contributed by atoms with Gasteiger partial charge in [0, 0.05) is 35.9 Å². The first-order chi connectivity index (χ1) is 11.8. The van der Waals surface area contributed by atoms with Gasteiger partial charge < -0.3 is 14.9 Å². The SMILES string of the molecule is CC1(C)C=C(n2ccc(C(O)CCO)cc2=O)c2cc(Cl)ccc2O1. The van der Waals surface area contributed by atoms with Crippen molar-refractivity contribution in [3.8, 4) is 5.75 Å². The Morgan fingerprint density at radius 3 is 2.72 bits per heavy atom. The number of fused-ring (bicyclic) bond motifs is 1. The zero-order valence-corrected chi connectivity index (χ0v) is 14.8. The number of aromatic nitrogens is 1. The second-order valence-electron chi connectivity index (χ2n) is 6.57. The van der Waals surface area contributed by atoms with Gasteiger partial charge in [-0.3, -0.25) is 9.36 Å². The number of halogens is 1. The quantitative estimate of drug-likeness (QED) is 0.878. The van der Waals surface area contributed by atoms with E-state index < -0.39 is 11.7 Å². The van der Waals surface area contributed by atoms with Gasteiger partial charge in [-0.05, 0) is 49.8 Å². The van der Waals surface area contributed by atoms with E-state index >= 15 is 0 Å². The molecule has 1 aliphatic rings. The van der Waals surface area contributed by atoms with Crippen LogP contribution in [0, 0.1) is 0 Å². The lowest BCUT2D eigenvalue weighted by molar-refractivity contribution is 0.134. The van der Waals surface area contributed by atoms with Gasteiger partial charge in [0.1, 0.15) is 11.4 Å². The van der Waals surface area contributed by atoms with Crippen molar-refractivity contribution in [1.29, 1.82) is 0 Å². The predicted molar refractivity (Wildman–Crippen MR) is 96.9 cm³/mol. The van der Waals surface area contributed by atoms with Crippen LogP contribution in [0.5, 0.6) is 5.75 Å². The minimum absolute atomic E-state index is 0.146. The molecule has 1 aliphatic heterocycles. The zero-order valence-electron chi connectivity index (χ0n) is 14.1. The number of hydrogen-bond acceptors (Lipinski definition) is 4. The van der Waals surface area contributed by atoms with Crippen LogP contribution in [0.1, 0.15) is 37.5 Å². The molecule has 2 aromatic rings. The summed E-state index contributed by atoms with van der Waals surface area (Å²) in [6, 6.07) is 8.36. The van der Waals surface area contributed by atoms with Crippen LogP contribution in [0.4, 0.5) is 0 Å². The Morgan fingerprint density at radius 1 is 1.28 bits per heavy atom. The number of rotatable bonds is 4. The normalized spacial score (nSPS) is 16.6. The van der Waals surface area contributed by atoms with E-state index in [9.17, 15) is 9.90 Å². The van der Waals surface area contributed by atoms with Gasteiger partial charge in [0.05, 0.1) is 11.8 Å². The van der Waals surface area contributed by atoms with Crippen LogP contribution in [-0.2, 0) is 0 Å². The van der Waals surface area contributed by atoms with Crippen LogP contribution >= 0.6 is 11.6 Å². The number of ether oxygens (including phenoxy) is 1. The molecule has 6 heteroatoms. The molecule has 0 bridgehead atoms. The Balaban J connectivity index is 2.10. The van der Waals surface area contributed by atoms with E-state index in [1.807, 2.05) is 19.9 Å². The van der Waals surface area contributed by atoms with E-state index in [1.54, 1.807) is 30.5 Å². The number of hydrogen-bond donors (Lipinski definition) is 2. The van der Waals surface area contributed by atoms with Crippen molar-refractivity contribution < 1.29 is 14.9 Å². The van der Waals surface area contributed by atoms with Gasteiger partial charge >= 0.3 is 0 Å². The summed E-state index contributed by atoms with van der Waals surface area (Å²) in [6.45, 7) is 3.68. The van der Waals surface area contributed by atoms with Crippen molar-refractivity contribution in [2.75, 3.05) is 6.61 Å². The van der Waals surface area contributed by atoms with Crippen LogP contribution in [-0.4, -0.2) is 27.0 Å². The Labute approximate surface area is 150 Å². The Kier molecular flexibility index (Phi) is 4.73. The highest BCUT2D eigenvalue weighted by Crippen LogP contribution is 2.37. The van der Waals surface area contributed by atoms with E-state index in [2.05, 4.69) is 0 Å². The lowest BCUT2D eigenvalue weighted by Crippen LogP contribution is -2.32. The molecule has 25 heavy (non-hydrogen) atoms. The highest BCUT2D eigenvalue weighted by molar-refractivity contribution is 6.30. The van der Waals surface area contributed by atoms with Crippen LogP contribution in [0.15, 0.2) is 47.4 Å². The maximum absolute atomic E-state index is 12.6. The number of pyridine rings is 1. The maximum Gasteiger partial charge on any atom is 0.255 e. The number of nitrogens with zero attached hydrogens (tertiary/aromatic N) is 1. The molecule has 0 spiro atoms. The molecular weight excluding hydrogens is 342 g/mol. The van der Waals surface area contributed by atoms with E-state index in [4.69, 9.17) is 21.4 Å². The lowest BCUT2D eigenvalue weighted by Gasteiger charge is -2.31. The molecule has 0 radical (unpaired) electrons. The van der Waals surface area contributed by atoms with Gasteiger partial charge in [0.25, 0.3) is 5.56 Å². The molecule has 0 amide bonds. The number of aliphatic hydroxyl groups is 2. The molecule has 0 aliphatic carbocycles. The second kappa shape index (κ2) is 6.67. The highest BCUT2D eigenvalue weighted by Gasteiger charge is 2.28. The van der Waals surface area contributed by atoms with Crippen LogP contribution < -0.4 is 10.3 Å². The fraction of sp³-hybridized carbons (Fsp3) is 0.316. The molecule has 2 heterocycles. The van der Waals surface area contributed by atoms with Crippen molar-refractivity contribution in [2.45, 2.75) is 32.0 Å². The third-order valence-corrected chi connectivity index (χ3v) is 4.30. The van der Waals surface area contributed by atoms with Crippen LogP contribution in [0.25, 0.3) is 5.70 Å². The maximum atomic E-state index is 12.6. The molecule has 1 atom stereocenters. The van der Waals surface area contributed by atoms with Crippen molar-refractivity contribution in [1.82, 2.24) is 4.57 Å². The van der Waals surface area contributed by atoms with Gasteiger partial charge in [-0.15, -0.1) is 0 Å². The van der Waals surface area contributed by atoms with Gasteiger partial charge in [-0.1, -0.05) is 11.6 Å². The monoisotopic (exact) mass is 361 g/mol. The molecule has 132 valence electrons. The first kappa shape index (κ1) is 17.7. The molecule has 5 nitrogen and oxygen atoms in total. The highest BCUT2D eigenvalue weighted by atomic mass is 35.5. The van der Waals surface area contributed by atoms with Crippen LogP contribution in [0.2, 0.25) is 5.02 Å². The average Bonchev–Trinajstić information content (AvgIpc) is 2.54. The van der Waals surface area contributed by atoms with Crippen molar-refractivity contribution >= 4 is 17.3 Å². The summed E-state index contributed by atoms with van der Waals surface area (Å²) < 4.78 is 7.45. The van der Waals surface area contributed by atoms with Gasteiger partial charge in [-0.25, -0.2) is 0 Å². The van der Waals surface area contributed by atoms with Crippen molar-refractivity contribution in [2.24, 2.45) is 0 Å². The summed E-state index contributed by atoms with van der Waals surface area (Å²) in [4.78, 5) is 12.6. The topological polar surface area (TPSA) is 71.7 Å². The number of benzene rings is 1. The average molecular weight is 362 g/mol. The standard InChI is InChI=1S/C19H20ClNO4/c1-19(2)11-15(14-10-13(20)3-4-17(14)25-19)21-7-5-12(9-18(21)24)16(23)6-8-22/h3-5,7,9-11,16,22-23H,6,8H2,1-2H3. The smallest absolute Gasteiger partial charge is 0.255 e. The van der Waals surface area contributed by atoms with Crippen molar-refractivity contribution in [3.05, 3.63) is 69.1 Å².